The molecule has 29 heavy (non-hydrogen) atoms. The average Bonchev–Trinajstić information content (AvgIpc) is 3.38. The minimum absolute atomic E-state index is 0.117. The summed E-state index contributed by atoms with van der Waals surface area (Å²) in [6.07, 6.45) is -0.605. The number of rotatable bonds is 7. The first kappa shape index (κ1) is 19.4. The third kappa shape index (κ3) is 4.75. The quantitative estimate of drug-likeness (QED) is 0.361. The second-order valence-corrected chi connectivity index (χ2v) is 7.27. The van der Waals surface area contributed by atoms with Crippen LogP contribution in [-0.2, 0) is 5.75 Å². The van der Waals surface area contributed by atoms with Crippen LogP contribution < -0.4 is 4.74 Å². The highest BCUT2D eigenvalue weighted by Gasteiger charge is 2.18. The largest absolute Gasteiger partial charge is 0.478 e. The zero-order chi connectivity index (χ0) is 20.2. The second-order valence-electron chi connectivity index (χ2n) is 5.91. The van der Waals surface area contributed by atoms with E-state index in [2.05, 4.69) is 20.3 Å². The van der Waals surface area contributed by atoms with Gasteiger partial charge in [-0.15, -0.1) is 10.2 Å². The Balaban J connectivity index is 1.37. The first-order chi connectivity index (χ1) is 14.1. The lowest BCUT2D eigenvalue weighted by molar-refractivity contribution is 0.174. The number of aromatic nitrogens is 4. The SMILES string of the molecule is CC(Oc1ccccc1F)c1nnc(SCc2nc(-c3cccc(Cl)c3)no2)o1. The lowest BCUT2D eigenvalue weighted by atomic mass is 10.2. The molecule has 10 heteroatoms. The zero-order valence-electron chi connectivity index (χ0n) is 15.1. The van der Waals surface area contributed by atoms with Crippen LogP contribution in [0.15, 0.2) is 62.7 Å². The number of thioether (sulfide) groups is 1. The summed E-state index contributed by atoms with van der Waals surface area (Å²) in [6, 6.07) is 13.3. The number of nitrogens with zero attached hydrogens (tertiary/aromatic N) is 4. The molecule has 0 N–H and O–H groups in total. The molecular weight excluding hydrogens is 419 g/mol. The number of para-hydroxylation sites is 1. The summed E-state index contributed by atoms with van der Waals surface area (Å²) < 4.78 is 30.1. The molecule has 4 aromatic rings. The molecule has 0 radical (unpaired) electrons. The number of hydrogen-bond acceptors (Lipinski definition) is 8. The van der Waals surface area contributed by atoms with Gasteiger partial charge in [-0.3, -0.25) is 0 Å². The summed E-state index contributed by atoms with van der Waals surface area (Å²) >= 11 is 7.22. The van der Waals surface area contributed by atoms with Gasteiger partial charge < -0.3 is 13.7 Å². The standard InChI is InChI=1S/C19H14ClFN4O3S/c1-11(26-15-8-3-2-7-14(15)21)18-23-24-19(27-18)29-10-16-22-17(25-28-16)12-5-4-6-13(20)9-12/h2-9,11H,10H2,1H3. The highest BCUT2D eigenvalue weighted by Crippen LogP contribution is 2.27. The molecule has 0 aliphatic heterocycles. The van der Waals surface area contributed by atoms with Crippen molar-refractivity contribution < 1.29 is 18.1 Å². The summed E-state index contributed by atoms with van der Waals surface area (Å²) in [6.45, 7) is 1.70. The van der Waals surface area contributed by atoms with Gasteiger partial charge in [-0.2, -0.15) is 4.98 Å². The topological polar surface area (TPSA) is 87.1 Å². The van der Waals surface area contributed by atoms with Gasteiger partial charge in [0.05, 0.1) is 5.75 Å². The van der Waals surface area contributed by atoms with Gasteiger partial charge in [0.25, 0.3) is 11.1 Å². The molecule has 1 unspecified atom stereocenters. The van der Waals surface area contributed by atoms with Crippen molar-refractivity contribution in [2.45, 2.75) is 24.0 Å². The lowest BCUT2D eigenvalue weighted by Gasteiger charge is -2.11. The molecule has 2 heterocycles. The smallest absolute Gasteiger partial charge is 0.277 e. The van der Waals surface area contributed by atoms with Crippen LogP contribution in [-0.4, -0.2) is 20.3 Å². The summed E-state index contributed by atoms with van der Waals surface area (Å²) in [7, 11) is 0. The molecule has 0 bridgehead atoms. The van der Waals surface area contributed by atoms with Crippen molar-refractivity contribution in [1.82, 2.24) is 20.3 Å². The number of benzene rings is 2. The molecule has 7 nitrogen and oxygen atoms in total. The maximum Gasteiger partial charge on any atom is 0.277 e. The maximum absolute atomic E-state index is 13.7. The van der Waals surface area contributed by atoms with Gasteiger partial charge in [0.2, 0.25) is 11.7 Å². The Morgan fingerprint density at radius 1 is 1.17 bits per heavy atom. The molecule has 1 atom stereocenters. The van der Waals surface area contributed by atoms with E-state index in [0.29, 0.717) is 27.7 Å². The van der Waals surface area contributed by atoms with Crippen molar-refractivity contribution in [2.75, 3.05) is 0 Å². The van der Waals surface area contributed by atoms with Crippen LogP contribution in [0.2, 0.25) is 5.02 Å². The lowest BCUT2D eigenvalue weighted by Crippen LogP contribution is -2.04. The van der Waals surface area contributed by atoms with Crippen LogP contribution in [0.4, 0.5) is 4.39 Å². The van der Waals surface area contributed by atoms with Crippen LogP contribution in [0.25, 0.3) is 11.4 Å². The Hall–Kier alpha value is -2.91. The average molecular weight is 433 g/mol. The second kappa shape index (κ2) is 8.62. The van der Waals surface area contributed by atoms with E-state index in [9.17, 15) is 4.39 Å². The van der Waals surface area contributed by atoms with Crippen molar-refractivity contribution in [2.24, 2.45) is 0 Å². The maximum atomic E-state index is 13.7. The van der Waals surface area contributed by atoms with Crippen LogP contribution in [0.1, 0.15) is 24.8 Å². The van der Waals surface area contributed by atoms with Gasteiger partial charge >= 0.3 is 0 Å². The fraction of sp³-hybridized carbons (Fsp3) is 0.158. The molecule has 0 aliphatic rings. The van der Waals surface area contributed by atoms with Gasteiger partial charge in [-0.05, 0) is 31.2 Å². The Morgan fingerprint density at radius 3 is 2.86 bits per heavy atom. The molecule has 0 spiro atoms. The van der Waals surface area contributed by atoms with Gasteiger partial charge in [0.1, 0.15) is 0 Å². The molecule has 0 aliphatic carbocycles. The van der Waals surface area contributed by atoms with Crippen LogP contribution >= 0.6 is 23.4 Å². The Labute approximate surface area is 174 Å². The number of hydrogen-bond donors (Lipinski definition) is 0. The predicted octanol–water partition coefficient (Wildman–Crippen LogP) is 5.34. The van der Waals surface area contributed by atoms with E-state index in [1.54, 1.807) is 31.2 Å². The number of ether oxygens (including phenoxy) is 1. The fourth-order valence-electron chi connectivity index (χ4n) is 2.41. The van der Waals surface area contributed by atoms with Crippen molar-refractivity contribution >= 4 is 23.4 Å². The Morgan fingerprint density at radius 2 is 2.03 bits per heavy atom. The van der Waals surface area contributed by atoms with Crippen LogP contribution in [0.5, 0.6) is 5.75 Å². The van der Waals surface area contributed by atoms with Crippen molar-refractivity contribution in [3.05, 3.63) is 71.2 Å². The zero-order valence-corrected chi connectivity index (χ0v) is 16.7. The van der Waals surface area contributed by atoms with Gasteiger partial charge in [-0.25, -0.2) is 4.39 Å². The third-order valence-corrected chi connectivity index (χ3v) is 4.82. The highest BCUT2D eigenvalue weighted by atomic mass is 35.5. The van der Waals surface area contributed by atoms with Crippen molar-refractivity contribution in [1.29, 1.82) is 0 Å². The summed E-state index contributed by atoms with van der Waals surface area (Å²) in [4.78, 5) is 4.33. The molecule has 0 saturated heterocycles. The summed E-state index contributed by atoms with van der Waals surface area (Å²) in [5, 5.41) is 12.8. The van der Waals surface area contributed by atoms with E-state index in [-0.39, 0.29) is 11.6 Å². The van der Waals surface area contributed by atoms with E-state index in [0.717, 1.165) is 5.56 Å². The van der Waals surface area contributed by atoms with Crippen LogP contribution in [0.3, 0.4) is 0 Å². The van der Waals surface area contributed by atoms with Crippen molar-refractivity contribution in [3.8, 4) is 17.1 Å². The van der Waals surface area contributed by atoms with Crippen molar-refractivity contribution in [3.63, 3.8) is 0 Å². The minimum Gasteiger partial charge on any atom is -0.478 e. The van der Waals surface area contributed by atoms with Crippen LogP contribution in [0, 0.1) is 5.82 Å². The highest BCUT2D eigenvalue weighted by molar-refractivity contribution is 7.98. The first-order valence-electron chi connectivity index (χ1n) is 8.54. The molecule has 0 fully saturated rings. The normalized spacial score (nSPS) is 12.1. The first-order valence-corrected chi connectivity index (χ1v) is 9.91. The molecule has 2 aromatic heterocycles. The minimum atomic E-state index is -0.605. The summed E-state index contributed by atoms with van der Waals surface area (Å²) in [5.74, 6) is 1.09. The molecule has 4 rings (SSSR count). The molecular formula is C19H14ClFN4O3S. The predicted molar refractivity (Wildman–Crippen MR) is 104 cm³/mol. The number of halogens is 2. The van der Waals surface area contributed by atoms with E-state index >= 15 is 0 Å². The Bertz CT molecular complexity index is 1120. The molecule has 2 aromatic carbocycles. The van der Waals surface area contributed by atoms with E-state index < -0.39 is 11.9 Å². The monoisotopic (exact) mass is 432 g/mol. The third-order valence-electron chi connectivity index (χ3n) is 3.78. The fourth-order valence-corrected chi connectivity index (χ4v) is 3.20. The molecule has 0 saturated carbocycles. The van der Waals surface area contributed by atoms with Gasteiger partial charge in [0, 0.05) is 10.6 Å². The molecule has 0 amide bonds. The van der Waals surface area contributed by atoms with E-state index in [1.165, 1.54) is 23.9 Å². The Kier molecular flexibility index (Phi) is 5.77. The summed E-state index contributed by atoms with van der Waals surface area (Å²) in [5.41, 5.74) is 0.761. The molecule has 148 valence electrons. The van der Waals surface area contributed by atoms with E-state index in [1.807, 2.05) is 12.1 Å². The van der Waals surface area contributed by atoms with Gasteiger partial charge in [0.15, 0.2) is 17.7 Å². The van der Waals surface area contributed by atoms with E-state index in [4.69, 9.17) is 25.3 Å². The van der Waals surface area contributed by atoms with Gasteiger partial charge in [-0.1, -0.05) is 52.8 Å².